The van der Waals surface area contributed by atoms with E-state index >= 15 is 0 Å². The number of nitrogens with zero attached hydrogens (tertiary/aromatic N) is 1. The van der Waals surface area contributed by atoms with Crippen LogP contribution in [0.4, 0.5) is 14.5 Å². The second-order valence-electron chi connectivity index (χ2n) is 3.93. The molecule has 0 aliphatic rings. The fourth-order valence-corrected chi connectivity index (χ4v) is 1.50. The van der Waals surface area contributed by atoms with Gasteiger partial charge in [0.15, 0.2) is 11.6 Å². The zero-order valence-corrected chi connectivity index (χ0v) is 10.2. The van der Waals surface area contributed by atoms with Gasteiger partial charge >= 0.3 is 5.97 Å². The van der Waals surface area contributed by atoms with Crippen LogP contribution in [0.5, 0.6) is 0 Å². The Morgan fingerprint density at radius 1 is 1.15 bits per heavy atom. The Hall–Kier alpha value is -2.76. The minimum Gasteiger partial charge on any atom is -0.478 e. The van der Waals surface area contributed by atoms with Gasteiger partial charge in [0.2, 0.25) is 0 Å². The predicted molar refractivity (Wildman–Crippen MR) is 71.0 cm³/mol. The molecule has 0 radical (unpaired) electrons. The Kier molecular flexibility index (Phi) is 4.05. The molecular formula is C14H10F2N2O2. The van der Waals surface area contributed by atoms with E-state index in [0.717, 1.165) is 12.1 Å². The summed E-state index contributed by atoms with van der Waals surface area (Å²) < 4.78 is 25.7. The molecule has 20 heavy (non-hydrogen) atoms. The number of carboxylic acids is 1. The lowest BCUT2D eigenvalue weighted by molar-refractivity contribution is 0.0697. The van der Waals surface area contributed by atoms with Crippen LogP contribution < -0.4 is 5.43 Å². The maximum atomic E-state index is 12.9. The molecule has 4 nitrogen and oxygen atoms in total. The zero-order valence-electron chi connectivity index (χ0n) is 10.2. The fraction of sp³-hybridized carbons (Fsp3) is 0. The molecule has 0 saturated carbocycles. The number of carboxylic acid groups (broad SMARTS) is 1. The normalized spacial score (nSPS) is 10.7. The van der Waals surface area contributed by atoms with Gasteiger partial charge in [0.05, 0.1) is 17.5 Å². The molecule has 0 atom stereocenters. The van der Waals surface area contributed by atoms with Crippen molar-refractivity contribution in [3.05, 3.63) is 65.2 Å². The number of nitrogens with one attached hydrogen (secondary N) is 1. The Morgan fingerprint density at radius 3 is 2.65 bits per heavy atom. The minimum absolute atomic E-state index is 0.123. The zero-order chi connectivity index (χ0) is 14.5. The number of halogens is 2. The highest BCUT2D eigenvalue weighted by Gasteiger charge is 2.02. The van der Waals surface area contributed by atoms with Crippen LogP contribution in [0.25, 0.3) is 0 Å². The SMILES string of the molecule is O=C(O)c1cccc(NN=Cc2ccc(F)c(F)c2)c1. The molecule has 0 saturated heterocycles. The number of carbonyl (C=O) groups is 1. The van der Waals surface area contributed by atoms with Crippen molar-refractivity contribution in [2.75, 3.05) is 5.43 Å². The van der Waals surface area contributed by atoms with E-state index in [2.05, 4.69) is 10.5 Å². The van der Waals surface area contributed by atoms with Crippen molar-refractivity contribution in [2.24, 2.45) is 5.10 Å². The fourth-order valence-electron chi connectivity index (χ4n) is 1.50. The van der Waals surface area contributed by atoms with Crippen LogP contribution in [0.2, 0.25) is 0 Å². The van der Waals surface area contributed by atoms with Crippen molar-refractivity contribution < 1.29 is 18.7 Å². The first-order chi connectivity index (χ1) is 9.56. The third-order valence-corrected chi connectivity index (χ3v) is 2.46. The maximum absolute atomic E-state index is 12.9. The summed E-state index contributed by atoms with van der Waals surface area (Å²) in [6, 6.07) is 9.44. The third kappa shape index (κ3) is 3.38. The van der Waals surface area contributed by atoms with Crippen LogP contribution in [0, 0.1) is 11.6 Å². The maximum Gasteiger partial charge on any atom is 0.335 e. The van der Waals surface area contributed by atoms with Gasteiger partial charge in [-0.05, 0) is 35.9 Å². The molecule has 0 aliphatic heterocycles. The summed E-state index contributed by atoms with van der Waals surface area (Å²) in [6.07, 6.45) is 1.30. The molecule has 0 bridgehead atoms. The van der Waals surface area contributed by atoms with E-state index in [1.54, 1.807) is 12.1 Å². The monoisotopic (exact) mass is 276 g/mol. The average Bonchev–Trinajstić information content (AvgIpc) is 2.43. The number of anilines is 1. The van der Waals surface area contributed by atoms with Gasteiger partial charge in [0.25, 0.3) is 0 Å². The largest absolute Gasteiger partial charge is 0.478 e. The molecule has 0 fully saturated rings. The van der Waals surface area contributed by atoms with Gasteiger partial charge in [0, 0.05) is 0 Å². The Morgan fingerprint density at radius 2 is 1.95 bits per heavy atom. The first-order valence-corrected chi connectivity index (χ1v) is 5.64. The molecular weight excluding hydrogens is 266 g/mol. The molecule has 102 valence electrons. The van der Waals surface area contributed by atoms with Gasteiger partial charge in [-0.3, -0.25) is 5.43 Å². The minimum atomic E-state index is -1.04. The Balaban J connectivity index is 2.07. The van der Waals surface area contributed by atoms with E-state index in [0.29, 0.717) is 11.3 Å². The van der Waals surface area contributed by atoms with Crippen molar-refractivity contribution >= 4 is 17.9 Å². The smallest absolute Gasteiger partial charge is 0.335 e. The predicted octanol–water partition coefficient (Wildman–Crippen LogP) is 3.11. The molecule has 2 N–H and O–H groups in total. The summed E-state index contributed by atoms with van der Waals surface area (Å²) in [6.45, 7) is 0. The van der Waals surface area contributed by atoms with E-state index < -0.39 is 17.6 Å². The molecule has 2 rings (SSSR count). The van der Waals surface area contributed by atoms with Gasteiger partial charge in [-0.15, -0.1) is 0 Å². The van der Waals surface area contributed by atoms with Crippen LogP contribution in [0.1, 0.15) is 15.9 Å². The van der Waals surface area contributed by atoms with Crippen LogP contribution in [-0.4, -0.2) is 17.3 Å². The molecule has 0 aliphatic carbocycles. The lowest BCUT2D eigenvalue weighted by atomic mass is 10.2. The quantitative estimate of drug-likeness (QED) is 0.666. The Bertz CT molecular complexity index is 672. The van der Waals surface area contributed by atoms with Gasteiger partial charge in [-0.2, -0.15) is 5.10 Å². The highest BCUT2D eigenvalue weighted by atomic mass is 19.2. The molecule has 0 amide bonds. The summed E-state index contributed by atoms with van der Waals surface area (Å²) in [7, 11) is 0. The van der Waals surface area contributed by atoms with Crippen molar-refractivity contribution in [2.45, 2.75) is 0 Å². The summed E-state index contributed by atoms with van der Waals surface area (Å²) in [5, 5.41) is 12.7. The third-order valence-electron chi connectivity index (χ3n) is 2.46. The van der Waals surface area contributed by atoms with Gasteiger partial charge in [-0.1, -0.05) is 12.1 Å². The van der Waals surface area contributed by atoms with Crippen LogP contribution in [0.3, 0.4) is 0 Å². The summed E-state index contributed by atoms with van der Waals surface area (Å²) >= 11 is 0. The van der Waals surface area contributed by atoms with E-state index in [1.165, 1.54) is 24.4 Å². The molecule has 2 aromatic carbocycles. The summed E-state index contributed by atoms with van der Waals surface area (Å²) in [5.41, 5.74) is 3.59. The number of hydrazone groups is 1. The first kappa shape index (κ1) is 13.7. The molecule has 0 unspecified atom stereocenters. The lowest BCUT2D eigenvalue weighted by Crippen LogP contribution is -1.98. The highest BCUT2D eigenvalue weighted by molar-refractivity contribution is 5.88. The van der Waals surface area contributed by atoms with Gasteiger partial charge < -0.3 is 5.11 Å². The number of hydrogen-bond donors (Lipinski definition) is 2. The molecule has 0 heterocycles. The van der Waals surface area contributed by atoms with Crippen molar-refractivity contribution in [1.29, 1.82) is 0 Å². The summed E-state index contributed by atoms with van der Waals surface area (Å²) in [5.74, 6) is -2.93. The van der Waals surface area contributed by atoms with Gasteiger partial charge in [-0.25, -0.2) is 13.6 Å². The van der Waals surface area contributed by atoms with Crippen molar-refractivity contribution in [1.82, 2.24) is 0 Å². The molecule has 2 aromatic rings. The second kappa shape index (κ2) is 5.92. The standard InChI is InChI=1S/C14H10F2N2O2/c15-12-5-4-9(6-13(12)16)8-17-18-11-3-1-2-10(7-11)14(19)20/h1-8,18H,(H,19,20). The van der Waals surface area contributed by atoms with Crippen molar-refractivity contribution in [3.63, 3.8) is 0 Å². The number of benzene rings is 2. The van der Waals surface area contributed by atoms with E-state index in [4.69, 9.17) is 5.11 Å². The van der Waals surface area contributed by atoms with E-state index in [9.17, 15) is 13.6 Å². The Labute approximate surface area is 113 Å². The number of rotatable bonds is 4. The molecule has 0 spiro atoms. The molecule has 0 aromatic heterocycles. The highest BCUT2D eigenvalue weighted by Crippen LogP contribution is 2.11. The first-order valence-electron chi connectivity index (χ1n) is 5.64. The number of hydrogen-bond acceptors (Lipinski definition) is 3. The van der Waals surface area contributed by atoms with Crippen LogP contribution in [0.15, 0.2) is 47.6 Å². The topological polar surface area (TPSA) is 61.7 Å². The van der Waals surface area contributed by atoms with Crippen molar-refractivity contribution in [3.8, 4) is 0 Å². The van der Waals surface area contributed by atoms with Crippen LogP contribution >= 0.6 is 0 Å². The van der Waals surface area contributed by atoms with E-state index in [-0.39, 0.29) is 5.56 Å². The number of aromatic carboxylic acids is 1. The lowest BCUT2D eigenvalue weighted by Gasteiger charge is -2.01. The van der Waals surface area contributed by atoms with Gasteiger partial charge in [0.1, 0.15) is 0 Å². The molecule has 6 heteroatoms. The summed E-state index contributed by atoms with van der Waals surface area (Å²) in [4.78, 5) is 10.8. The second-order valence-corrected chi connectivity index (χ2v) is 3.93. The average molecular weight is 276 g/mol. The van der Waals surface area contributed by atoms with Crippen LogP contribution in [-0.2, 0) is 0 Å². The van der Waals surface area contributed by atoms with E-state index in [1.807, 2.05) is 0 Å².